The van der Waals surface area contributed by atoms with Gasteiger partial charge < -0.3 is 19.8 Å². The molecule has 0 saturated heterocycles. The molecule has 2 heterocycles. The quantitative estimate of drug-likeness (QED) is 0.278. The van der Waals surface area contributed by atoms with Crippen molar-refractivity contribution in [3.05, 3.63) is 131 Å². The largest absolute Gasteiger partial charge is 0.466 e. The van der Waals surface area contributed by atoms with Gasteiger partial charge in [0.05, 0.1) is 59.8 Å². The van der Waals surface area contributed by atoms with Crippen LogP contribution in [-0.4, -0.2) is 30.7 Å². The lowest BCUT2D eigenvalue weighted by Gasteiger charge is -2.36. The third kappa shape index (κ3) is 3.99. The van der Waals surface area contributed by atoms with Crippen LogP contribution < -0.4 is 10.6 Å². The fraction of sp³-hybridized carbons (Fsp3) is 0.0882. The number of carbonyl (C=O) groups is 2. The van der Waals surface area contributed by atoms with Crippen LogP contribution in [0.2, 0.25) is 0 Å². The minimum absolute atomic E-state index is 0.00706. The van der Waals surface area contributed by atoms with Crippen molar-refractivity contribution in [2.75, 3.05) is 19.1 Å². The van der Waals surface area contributed by atoms with Gasteiger partial charge in [-0.15, -0.1) is 0 Å². The zero-order valence-electron chi connectivity index (χ0n) is 22.9. The van der Waals surface area contributed by atoms with Crippen molar-refractivity contribution in [3.63, 3.8) is 0 Å². The number of ether oxygens (including phenoxy) is 2. The Bertz CT molecular complexity index is 1930. The molecule has 0 saturated carbocycles. The maximum atomic E-state index is 13.6. The molecule has 0 fully saturated rings. The molecule has 1 aromatic heterocycles. The molecule has 0 aliphatic carbocycles. The molecule has 2 N–H and O–H groups in total. The van der Waals surface area contributed by atoms with E-state index in [0.717, 1.165) is 21.8 Å². The average molecular weight is 555 g/mol. The van der Waals surface area contributed by atoms with E-state index < -0.39 is 17.9 Å². The highest BCUT2D eigenvalue weighted by molar-refractivity contribution is 6.10. The van der Waals surface area contributed by atoms with Crippen LogP contribution in [0.3, 0.4) is 0 Å². The van der Waals surface area contributed by atoms with E-state index in [-0.39, 0.29) is 22.7 Å². The molecule has 0 bridgehead atoms. The van der Waals surface area contributed by atoms with Crippen molar-refractivity contribution in [2.45, 2.75) is 5.92 Å². The molecule has 1 atom stereocenters. The molecule has 8 nitrogen and oxygen atoms in total. The summed E-state index contributed by atoms with van der Waals surface area (Å²) in [6.45, 7) is 0. The normalized spacial score (nSPS) is 15.2. The Balaban J connectivity index is 1.71. The van der Waals surface area contributed by atoms with Crippen LogP contribution in [0.25, 0.3) is 27.5 Å². The number of methoxy groups -OCH3 is 2. The monoisotopic (exact) mass is 554 g/mol. The van der Waals surface area contributed by atoms with E-state index in [1.165, 1.54) is 19.1 Å². The first-order chi connectivity index (χ1) is 20.5. The number of fused-ring (bicyclic) bond motifs is 3. The number of nitriles is 1. The third-order valence-electron chi connectivity index (χ3n) is 7.55. The number of anilines is 1. The van der Waals surface area contributed by atoms with Gasteiger partial charge in [-0.3, -0.25) is 4.90 Å². The fourth-order valence-corrected chi connectivity index (χ4v) is 5.79. The van der Waals surface area contributed by atoms with Crippen LogP contribution in [0.15, 0.2) is 126 Å². The summed E-state index contributed by atoms with van der Waals surface area (Å²) in [6.07, 6.45) is 0. The zero-order chi connectivity index (χ0) is 29.4. The Morgan fingerprint density at radius 1 is 0.738 bits per heavy atom. The molecule has 4 aromatic carbocycles. The lowest BCUT2D eigenvalue weighted by molar-refractivity contribution is -0.139. The first-order valence-electron chi connectivity index (χ1n) is 13.2. The maximum Gasteiger partial charge on any atom is 0.355 e. The molecule has 1 aliphatic heterocycles. The van der Waals surface area contributed by atoms with Crippen molar-refractivity contribution in [1.82, 2.24) is 4.57 Å². The Labute approximate surface area is 242 Å². The van der Waals surface area contributed by atoms with Crippen molar-refractivity contribution < 1.29 is 19.1 Å². The van der Waals surface area contributed by atoms with Crippen LogP contribution in [0.4, 0.5) is 5.69 Å². The number of hydrogen-bond donors (Lipinski definition) is 1. The number of hydrogen-bond acceptors (Lipinski definition) is 7. The second kappa shape index (κ2) is 10.6. The molecule has 1 unspecified atom stereocenters. The van der Waals surface area contributed by atoms with E-state index in [2.05, 4.69) is 22.8 Å². The molecule has 6 rings (SSSR count). The van der Waals surface area contributed by atoms with Crippen LogP contribution in [0.5, 0.6) is 0 Å². The summed E-state index contributed by atoms with van der Waals surface area (Å²) in [5, 5.41) is 12.5. The van der Waals surface area contributed by atoms with E-state index >= 15 is 0 Å². The molecule has 1 aliphatic rings. The summed E-state index contributed by atoms with van der Waals surface area (Å²) in [7, 11) is 2.47. The Kier molecular flexibility index (Phi) is 6.69. The van der Waals surface area contributed by atoms with E-state index in [1.807, 2.05) is 60.7 Å². The molecule has 0 amide bonds. The fourth-order valence-electron chi connectivity index (χ4n) is 5.79. The summed E-state index contributed by atoms with van der Waals surface area (Å²) in [6, 6.07) is 34.6. The van der Waals surface area contributed by atoms with Crippen LogP contribution in [0, 0.1) is 11.3 Å². The summed E-state index contributed by atoms with van der Waals surface area (Å²) >= 11 is 0. The third-order valence-corrected chi connectivity index (χ3v) is 7.55. The Morgan fingerprint density at radius 3 is 1.83 bits per heavy atom. The molecule has 8 heteroatoms. The molecule has 5 aromatic rings. The van der Waals surface area contributed by atoms with Gasteiger partial charge in [-0.25, -0.2) is 9.59 Å². The van der Waals surface area contributed by atoms with Gasteiger partial charge in [0, 0.05) is 10.8 Å². The van der Waals surface area contributed by atoms with E-state index in [1.54, 1.807) is 30.3 Å². The summed E-state index contributed by atoms with van der Waals surface area (Å²) in [4.78, 5) is 28.6. The highest BCUT2D eigenvalue weighted by atomic mass is 16.5. The summed E-state index contributed by atoms with van der Waals surface area (Å²) in [5.41, 5.74) is 10.4. The summed E-state index contributed by atoms with van der Waals surface area (Å²) in [5.74, 6) is -2.51. The van der Waals surface area contributed by atoms with Gasteiger partial charge in [-0.05, 0) is 29.8 Å². The van der Waals surface area contributed by atoms with E-state index in [9.17, 15) is 14.9 Å². The Hall–Kier alpha value is -5.81. The van der Waals surface area contributed by atoms with Crippen LogP contribution in [0.1, 0.15) is 11.5 Å². The van der Waals surface area contributed by atoms with Gasteiger partial charge in [0.25, 0.3) is 0 Å². The number of allylic oxidation sites excluding steroid dienone is 1. The van der Waals surface area contributed by atoms with Crippen molar-refractivity contribution in [3.8, 4) is 11.8 Å². The first kappa shape index (κ1) is 26.4. The van der Waals surface area contributed by atoms with Gasteiger partial charge in [-0.2, -0.15) is 5.26 Å². The standard InChI is InChI=1S/C34H26N4O4/c1-41-33(39)30-29(21-12-4-3-5-13-21)24(20-35)32(36)38(31(30)34(40)42-2)28-19-11-10-18-27(28)37-25-16-8-6-14-22(25)23-15-7-9-17-26(23)37/h3-19,29H,36H2,1-2H3. The number of aromatic nitrogens is 1. The molecule has 42 heavy (non-hydrogen) atoms. The number of nitrogens with two attached hydrogens (primary N) is 1. The minimum atomic E-state index is -0.950. The molecule has 0 spiro atoms. The summed E-state index contributed by atoms with van der Waals surface area (Å²) < 4.78 is 12.5. The van der Waals surface area contributed by atoms with Crippen LogP contribution >= 0.6 is 0 Å². The second-order valence-corrected chi connectivity index (χ2v) is 9.69. The van der Waals surface area contributed by atoms with Crippen molar-refractivity contribution in [2.24, 2.45) is 5.73 Å². The van der Waals surface area contributed by atoms with E-state index in [0.29, 0.717) is 16.9 Å². The first-order valence-corrected chi connectivity index (χ1v) is 13.2. The lowest BCUT2D eigenvalue weighted by Crippen LogP contribution is -2.41. The SMILES string of the molecule is COC(=O)C1=C(C(=O)OC)N(c2ccccc2-n2c3ccccc3c3ccccc32)C(N)=C(C#N)C1c1ccccc1. The highest BCUT2D eigenvalue weighted by Crippen LogP contribution is 2.45. The average Bonchev–Trinajstić information content (AvgIpc) is 3.38. The number of benzene rings is 4. The second-order valence-electron chi connectivity index (χ2n) is 9.69. The highest BCUT2D eigenvalue weighted by Gasteiger charge is 2.43. The number of para-hydroxylation sites is 4. The zero-order valence-corrected chi connectivity index (χ0v) is 22.9. The topological polar surface area (TPSA) is 111 Å². The van der Waals surface area contributed by atoms with Crippen molar-refractivity contribution in [1.29, 1.82) is 5.26 Å². The molecular formula is C34H26N4O4. The molecular weight excluding hydrogens is 528 g/mol. The number of carbonyl (C=O) groups excluding carboxylic acids is 2. The van der Waals surface area contributed by atoms with Gasteiger partial charge >= 0.3 is 11.9 Å². The van der Waals surface area contributed by atoms with Gasteiger partial charge in [0.15, 0.2) is 0 Å². The molecule has 0 radical (unpaired) electrons. The maximum absolute atomic E-state index is 13.6. The number of nitrogens with zero attached hydrogens (tertiary/aromatic N) is 3. The Morgan fingerprint density at radius 2 is 1.26 bits per heavy atom. The lowest BCUT2D eigenvalue weighted by atomic mass is 9.81. The number of rotatable bonds is 5. The predicted molar refractivity (Wildman–Crippen MR) is 160 cm³/mol. The van der Waals surface area contributed by atoms with Crippen molar-refractivity contribution >= 4 is 39.4 Å². The van der Waals surface area contributed by atoms with Gasteiger partial charge in [0.2, 0.25) is 0 Å². The minimum Gasteiger partial charge on any atom is -0.466 e. The smallest absolute Gasteiger partial charge is 0.355 e. The van der Waals surface area contributed by atoms with Crippen LogP contribution in [-0.2, 0) is 19.1 Å². The number of esters is 2. The van der Waals surface area contributed by atoms with Gasteiger partial charge in [-0.1, -0.05) is 78.9 Å². The predicted octanol–water partition coefficient (Wildman–Crippen LogP) is 5.68. The van der Waals surface area contributed by atoms with Gasteiger partial charge in [0.1, 0.15) is 11.5 Å². The molecule has 206 valence electrons. The van der Waals surface area contributed by atoms with E-state index in [4.69, 9.17) is 15.2 Å².